The predicted molar refractivity (Wildman–Crippen MR) is 204 cm³/mol. The van der Waals surface area contributed by atoms with Crippen LogP contribution in [0.25, 0.3) is 99.2 Å². The van der Waals surface area contributed by atoms with Gasteiger partial charge in [-0.2, -0.15) is 0 Å². The molecule has 0 radical (unpaired) electrons. The molecule has 7 aromatic carbocycles. The summed E-state index contributed by atoms with van der Waals surface area (Å²) in [5.74, 6) is 1.72. The van der Waals surface area contributed by atoms with E-state index < -0.39 is 0 Å². The van der Waals surface area contributed by atoms with Gasteiger partial charge in [0.05, 0.1) is 16.7 Å². The molecule has 0 atom stereocenters. The molecule has 3 heteroatoms. The minimum absolute atomic E-state index is 0.850. The van der Waals surface area contributed by atoms with Gasteiger partial charge in [-0.3, -0.25) is 4.98 Å². The number of aromatic nitrogens is 2. The van der Waals surface area contributed by atoms with Crippen molar-refractivity contribution in [3.63, 3.8) is 0 Å². The van der Waals surface area contributed by atoms with Crippen LogP contribution in [0.2, 0.25) is 0 Å². The van der Waals surface area contributed by atoms with Crippen molar-refractivity contribution in [3.8, 4) is 45.0 Å². The molecule has 10 aromatic rings. The lowest BCUT2D eigenvalue weighted by Gasteiger charge is -2.13. The van der Waals surface area contributed by atoms with Gasteiger partial charge in [0, 0.05) is 33.7 Å². The summed E-state index contributed by atoms with van der Waals surface area (Å²) in [7, 11) is 0. The van der Waals surface area contributed by atoms with Crippen molar-refractivity contribution in [2.75, 3.05) is 0 Å². The number of furan rings is 1. The summed E-state index contributed by atoms with van der Waals surface area (Å²) in [6.07, 6.45) is 1.84. The Balaban J connectivity index is 1.02. The lowest BCUT2D eigenvalue weighted by molar-refractivity contribution is 0.598. The maximum absolute atomic E-state index is 6.54. The van der Waals surface area contributed by atoms with E-state index >= 15 is 0 Å². The number of rotatable bonds is 4. The van der Waals surface area contributed by atoms with Gasteiger partial charge in [-0.25, -0.2) is 4.98 Å². The van der Waals surface area contributed by atoms with Crippen LogP contribution in [0.5, 0.6) is 0 Å². The Bertz CT molecular complexity index is 2880. The summed E-state index contributed by atoms with van der Waals surface area (Å²) < 4.78 is 6.54. The van der Waals surface area contributed by atoms with Gasteiger partial charge in [-0.15, -0.1) is 0 Å². The normalized spacial score (nSPS) is 11.7. The second kappa shape index (κ2) is 11.0. The average molecular weight is 625 g/mol. The molecule has 0 fully saturated rings. The van der Waals surface area contributed by atoms with Crippen LogP contribution < -0.4 is 0 Å². The second-order valence-electron chi connectivity index (χ2n) is 12.5. The van der Waals surface area contributed by atoms with E-state index in [4.69, 9.17) is 9.40 Å². The number of hydrogen-bond acceptors (Lipinski definition) is 3. The van der Waals surface area contributed by atoms with Gasteiger partial charge in [0.25, 0.3) is 0 Å². The first-order valence-corrected chi connectivity index (χ1v) is 16.6. The van der Waals surface area contributed by atoms with Crippen LogP contribution in [0.1, 0.15) is 0 Å². The van der Waals surface area contributed by atoms with E-state index in [1.807, 2.05) is 12.3 Å². The molecule has 3 heterocycles. The molecular formula is C46H28N2O. The number of pyridine rings is 2. The van der Waals surface area contributed by atoms with Crippen LogP contribution in [0.4, 0.5) is 0 Å². The molecule has 0 N–H and O–H groups in total. The Morgan fingerprint density at radius 1 is 0.367 bits per heavy atom. The Morgan fingerprint density at radius 2 is 0.959 bits per heavy atom. The number of benzene rings is 7. The summed E-state index contributed by atoms with van der Waals surface area (Å²) in [6.45, 7) is 0. The average Bonchev–Trinajstić information content (AvgIpc) is 3.67. The first-order chi connectivity index (χ1) is 24.3. The van der Waals surface area contributed by atoms with E-state index in [1.165, 1.54) is 37.9 Å². The quantitative estimate of drug-likeness (QED) is 0.183. The fourth-order valence-electron chi connectivity index (χ4n) is 7.36. The summed E-state index contributed by atoms with van der Waals surface area (Å²) >= 11 is 0. The largest absolute Gasteiger partial charge is 0.456 e. The van der Waals surface area contributed by atoms with Gasteiger partial charge in [0.1, 0.15) is 11.5 Å². The van der Waals surface area contributed by atoms with Gasteiger partial charge in [0.15, 0.2) is 0 Å². The molecule has 3 nitrogen and oxygen atoms in total. The maximum atomic E-state index is 6.54. The third-order valence-corrected chi connectivity index (χ3v) is 9.75. The molecule has 3 aromatic heterocycles. The molecule has 0 aliphatic rings. The molecule has 0 saturated carbocycles. The summed E-state index contributed by atoms with van der Waals surface area (Å²) in [4.78, 5) is 9.81. The summed E-state index contributed by atoms with van der Waals surface area (Å²) in [5, 5.41) is 9.43. The highest BCUT2D eigenvalue weighted by Crippen LogP contribution is 2.39. The molecule has 49 heavy (non-hydrogen) atoms. The molecule has 0 aliphatic carbocycles. The standard InChI is InChI=1S/C46H28N2O/c1-2-10-34-33(8-1)28-41(39-14-6-4-11-36(34)39)44-26-25-43(49-44)30-17-15-29(16-18-30)35-22-23-40(38-13-5-3-12-37(35)38)42-24-21-32-20-19-31-9-7-27-47-45(31)46(32)48-42/h1-28H. The Hall–Kier alpha value is -6.58. The van der Waals surface area contributed by atoms with E-state index in [0.29, 0.717) is 0 Å². The molecule has 228 valence electrons. The number of fused-ring (bicyclic) bond motifs is 7. The molecule has 0 aliphatic heterocycles. The Kier molecular flexibility index (Phi) is 6.18. The third kappa shape index (κ3) is 4.51. The van der Waals surface area contributed by atoms with Crippen LogP contribution >= 0.6 is 0 Å². The minimum atomic E-state index is 0.850. The first-order valence-electron chi connectivity index (χ1n) is 16.6. The van der Waals surface area contributed by atoms with Gasteiger partial charge in [0.2, 0.25) is 0 Å². The fourth-order valence-corrected chi connectivity index (χ4v) is 7.36. The lowest BCUT2D eigenvalue weighted by atomic mass is 9.93. The lowest BCUT2D eigenvalue weighted by Crippen LogP contribution is -1.91. The van der Waals surface area contributed by atoms with E-state index in [-0.39, 0.29) is 0 Å². The van der Waals surface area contributed by atoms with E-state index in [9.17, 15) is 0 Å². The van der Waals surface area contributed by atoms with E-state index in [0.717, 1.165) is 61.3 Å². The Morgan fingerprint density at radius 3 is 1.78 bits per heavy atom. The smallest absolute Gasteiger partial charge is 0.135 e. The first kappa shape index (κ1) is 27.5. The molecule has 0 unspecified atom stereocenters. The Labute approximate surface area is 282 Å². The van der Waals surface area contributed by atoms with Crippen LogP contribution in [0.3, 0.4) is 0 Å². The van der Waals surface area contributed by atoms with Crippen molar-refractivity contribution >= 4 is 54.1 Å². The molecule has 0 bridgehead atoms. The topological polar surface area (TPSA) is 38.9 Å². The molecular weight excluding hydrogens is 597 g/mol. The fraction of sp³-hybridized carbons (Fsp3) is 0. The van der Waals surface area contributed by atoms with Gasteiger partial charge < -0.3 is 4.42 Å². The minimum Gasteiger partial charge on any atom is -0.456 e. The van der Waals surface area contributed by atoms with Crippen molar-refractivity contribution < 1.29 is 4.42 Å². The van der Waals surface area contributed by atoms with Crippen LogP contribution in [-0.4, -0.2) is 9.97 Å². The maximum Gasteiger partial charge on any atom is 0.135 e. The number of hydrogen-bond donors (Lipinski definition) is 0. The zero-order chi connectivity index (χ0) is 32.3. The number of nitrogens with zero attached hydrogens (tertiary/aromatic N) is 2. The molecule has 0 spiro atoms. The van der Waals surface area contributed by atoms with E-state index in [2.05, 4.69) is 163 Å². The zero-order valence-electron chi connectivity index (χ0n) is 26.5. The SMILES string of the molecule is c1ccc2c(c1)cc(-c1ccc(-c3ccc(-c4ccc(-c5ccc6ccc7cccnc7c6n5)c5ccccc45)cc3)o1)c1ccccc12. The van der Waals surface area contributed by atoms with Crippen LogP contribution in [0, 0.1) is 0 Å². The third-order valence-electron chi connectivity index (χ3n) is 9.75. The van der Waals surface area contributed by atoms with Crippen molar-refractivity contribution in [1.29, 1.82) is 0 Å². The highest BCUT2D eigenvalue weighted by molar-refractivity contribution is 6.13. The van der Waals surface area contributed by atoms with Gasteiger partial charge >= 0.3 is 0 Å². The van der Waals surface area contributed by atoms with Gasteiger partial charge in [-0.1, -0.05) is 133 Å². The van der Waals surface area contributed by atoms with Crippen molar-refractivity contribution in [2.24, 2.45) is 0 Å². The molecule has 0 amide bonds. The van der Waals surface area contributed by atoms with Crippen molar-refractivity contribution in [3.05, 3.63) is 170 Å². The molecule has 10 rings (SSSR count). The predicted octanol–water partition coefficient (Wildman–Crippen LogP) is 12.5. The van der Waals surface area contributed by atoms with E-state index in [1.54, 1.807) is 0 Å². The molecule has 0 saturated heterocycles. The zero-order valence-corrected chi connectivity index (χ0v) is 26.5. The highest BCUT2D eigenvalue weighted by Gasteiger charge is 2.15. The van der Waals surface area contributed by atoms with Gasteiger partial charge in [-0.05, 0) is 73.8 Å². The summed E-state index contributed by atoms with van der Waals surface area (Å²) in [6, 6.07) is 57.8. The monoisotopic (exact) mass is 624 g/mol. The van der Waals surface area contributed by atoms with Crippen LogP contribution in [-0.2, 0) is 0 Å². The summed E-state index contributed by atoms with van der Waals surface area (Å²) in [5.41, 5.74) is 8.39. The van der Waals surface area contributed by atoms with Crippen LogP contribution in [0.15, 0.2) is 174 Å². The van der Waals surface area contributed by atoms with Crippen molar-refractivity contribution in [1.82, 2.24) is 9.97 Å². The van der Waals surface area contributed by atoms with Crippen molar-refractivity contribution in [2.45, 2.75) is 0 Å². The second-order valence-corrected chi connectivity index (χ2v) is 12.5. The highest BCUT2D eigenvalue weighted by atomic mass is 16.3.